The molecule has 0 unspecified atom stereocenters. The summed E-state index contributed by atoms with van der Waals surface area (Å²) in [6.45, 7) is 10.8. The van der Waals surface area contributed by atoms with Gasteiger partial charge in [0.05, 0.1) is 16.8 Å². The number of ether oxygens (including phenoxy) is 2. The number of carbonyl (C=O) groups is 3. The molecule has 1 saturated heterocycles. The Hall–Kier alpha value is -3.20. The van der Waals surface area contributed by atoms with Crippen LogP contribution >= 0.6 is 0 Å². The summed E-state index contributed by atoms with van der Waals surface area (Å²) in [4.78, 5) is 43.1. The van der Waals surface area contributed by atoms with E-state index in [2.05, 4.69) is 5.10 Å². The van der Waals surface area contributed by atoms with Gasteiger partial charge >= 0.3 is 12.1 Å². The van der Waals surface area contributed by atoms with Crippen LogP contribution in [0.15, 0.2) is 36.4 Å². The number of hydrogen-bond donors (Lipinski definition) is 0. The molecule has 1 amide bonds. The van der Waals surface area contributed by atoms with Crippen molar-refractivity contribution in [1.82, 2.24) is 9.78 Å². The Morgan fingerprint density at radius 1 is 1.12 bits per heavy atom. The Morgan fingerprint density at radius 2 is 1.78 bits per heavy atom. The minimum Gasteiger partial charge on any atom is -0.441 e. The normalized spacial score (nSPS) is 16.7. The molecule has 3 rings (SSSR count). The second kappa shape index (κ2) is 8.74. The predicted octanol–water partition coefficient (Wildman–Crippen LogP) is 4.18. The number of hydroxylamine groups is 1. The molecule has 9 nitrogen and oxygen atoms in total. The lowest BCUT2D eigenvalue weighted by molar-refractivity contribution is -0.117. The third-order valence-corrected chi connectivity index (χ3v) is 4.48. The van der Waals surface area contributed by atoms with E-state index in [1.807, 2.05) is 20.8 Å². The molecule has 0 spiro atoms. The van der Waals surface area contributed by atoms with Crippen LogP contribution in [0.25, 0.3) is 0 Å². The van der Waals surface area contributed by atoms with Gasteiger partial charge in [0.2, 0.25) is 0 Å². The Balaban J connectivity index is 2.04. The number of ketones is 1. The Kier molecular flexibility index (Phi) is 6.41. The molecule has 1 aromatic carbocycles. The van der Waals surface area contributed by atoms with E-state index in [4.69, 9.17) is 14.3 Å². The lowest BCUT2D eigenvalue weighted by Crippen LogP contribution is -2.41. The highest BCUT2D eigenvalue weighted by Crippen LogP contribution is 2.33. The number of anilines is 1. The van der Waals surface area contributed by atoms with Crippen LogP contribution in [0, 0.1) is 0 Å². The van der Waals surface area contributed by atoms with E-state index in [1.54, 1.807) is 61.9 Å². The third kappa shape index (κ3) is 5.53. The highest BCUT2D eigenvalue weighted by molar-refractivity contribution is 5.94. The van der Waals surface area contributed by atoms with Crippen LogP contribution in [0.2, 0.25) is 0 Å². The predicted molar refractivity (Wildman–Crippen MR) is 116 cm³/mol. The molecule has 1 aliphatic rings. The molecule has 1 aliphatic heterocycles. The number of Topliss-reactive ketones (excluding diaryl/α,β-unsaturated/α-hetero) is 1. The number of aromatic nitrogens is 2. The molecule has 1 atom stereocenters. The van der Waals surface area contributed by atoms with E-state index < -0.39 is 29.3 Å². The molecule has 32 heavy (non-hydrogen) atoms. The minimum atomic E-state index is -0.873. The molecule has 0 saturated carbocycles. The van der Waals surface area contributed by atoms with Crippen LogP contribution in [0.3, 0.4) is 0 Å². The number of benzene rings is 1. The number of rotatable bonds is 3. The SMILES string of the molecule is CC(C)(C)OC(=O)N(OC(=O)c1ccccc1)c1cc([C@@H]2CC(=O)CO2)nn1C(C)(C)C. The topological polar surface area (TPSA) is 100.0 Å². The second-order valence-electron chi connectivity index (χ2n) is 9.57. The maximum Gasteiger partial charge on any atom is 0.450 e. The summed E-state index contributed by atoms with van der Waals surface area (Å²) in [7, 11) is 0. The monoisotopic (exact) mass is 443 g/mol. The minimum absolute atomic E-state index is 0.0150. The summed E-state index contributed by atoms with van der Waals surface area (Å²) in [6, 6.07) is 9.91. The molecule has 0 N–H and O–H groups in total. The fraction of sp³-hybridized carbons (Fsp3) is 0.478. The highest BCUT2D eigenvalue weighted by atomic mass is 16.8. The van der Waals surface area contributed by atoms with Gasteiger partial charge in [-0.2, -0.15) is 5.10 Å². The molecule has 9 heteroatoms. The number of carbonyl (C=O) groups excluding carboxylic acids is 3. The van der Waals surface area contributed by atoms with E-state index in [0.29, 0.717) is 5.69 Å². The standard InChI is InChI=1S/C23H29N3O6/c1-22(2,3)26-19(13-17(24-26)18-12-16(27)14-30-18)25(21(29)31-23(4,5)6)32-20(28)15-10-8-7-9-11-15/h7-11,13,18H,12,14H2,1-6H3/t18-/m0/s1. The first-order valence-corrected chi connectivity index (χ1v) is 10.4. The zero-order chi connectivity index (χ0) is 23.7. The van der Waals surface area contributed by atoms with Gasteiger partial charge in [0.1, 0.15) is 18.3 Å². The van der Waals surface area contributed by atoms with Crippen molar-refractivity contribution >= 4 is 23.7 Å². The van der Waals surface area contributed by atoms with Crippen molar-refractivity contribution < 1.29 is 28.7 Å². The van der Waals surface area contributed by atoms with Gasteiger partial charge in [-0.25, -0.2) is 14.3 Å². The molecule has 1 aromatic heterocycles. The fourth-order valence-electron chi connectivity index (χ4n) is 3.08. The van der Waals surface area contributed by atoms with Crippen molar-refractivity contribution in [2.75, 3.05) is 11.7 Å². The van der Waals surface area contributed by atoms with Crippen molar-refractivity contribution in [2.24, 2.45) is 0 Å². The highest BCUT2D eigenvalue weighted by Gasteiger charge is 2.36. The van der Waals surface area contributed by atoms with Crippen LogP contribution < -0.4 is 5.06 Å². The number of amides is 1. The van der Waals surface area contributed by atoms with Gasteiger partial charge in [0.15, 0.2) is 11.6 Å². The molecule has 2 heterocycles. The first-order valence-electron chi connectivity index (χ1n) is 10.4. The second-order valence-corrected chi connectivity index (χ2v) is 9.57. The third-order valence-electron chi connectivity index (χ3n) is 4.48. The molecule has 0 radical (unpaired) electrons. The first-order chi connectivity index (χ1) is 14.8. The van der Waals surface area contributed by atoms with E-state index in [-0.39, 0.29) is 30.2 Å². The zero-order valence-electron chi connectivity index (χ0n) is 19.2. The summed E-state index contributed by atoms with van der Waals surface area (Å²) >= 11 is 0. The van der Waals surface area contributed by atoms with Crippen LogP contribution in [-0.2, 0) is 24.6 Å². The first kappa shape index (κ1) is 23.5. The van der Waals surface area contributed by atoms with Gasteiger partial charge in [-0.1, -0.05) is 23.3 Å². The molecule has 1 fully saturated rings. The van der Waals surface area contributed by atoms with Gasteiger partial charge in [-0.15, -0.1) is 0 Å². The molecule has 2 aromatic rings. The summed E-state index contributed by atoms with van der Waals surface area (Å²) in [5.41, 5.74) is -0.682. The molecule has 172 valence electrons. The van der Waals surface area contributed by atoms with Crippen molar-refractivity contribution in [3.63, 3.8) is 0 Å². The lowest BCUT2D eigenvalue weighted by atomic mass is 10.1. The smallest absolute Gasteiger partial charge is 0.441 e. The van der Waals surface area contributed by atoms with E-state index in [1.165, 1.54) is 0 Å². The van der Waals surface area contributed by atoms with Crippen LogP contribution in [0.5, 0.6) is 0 Å². The Bertz CT molecular complexity index is 1000. The summed E-state index contributed by atoms with van der Waals surface area (Å²) in [6.07, 6.45) is -1.21. The maximum absolute atomic E-state index is 13.1. The van der Waals surface area contributed by atoms with Crippen molar-refractivity contribution in [1.29, 1.82) is 0 Å². The average Bonchev–Trinajstić information content (AvgIpc) is 3.31. The summed E-state index contributed by atoms with van der Waals surface area (Å²) in [5, 5.41) is 5.38. The quantitative estimate of drug-likeness (QED) is 0.656. The van der Waals surface area contributed by atoms with Crippen LogP contribution in [-0.4, -0.2) is 39.8 Å². The van der Waals surface area contributed by atoms with E-state index >= 15 is 0 Å². The van der Waals surface area contributed by atoms with Gasteiger partial charge < -0.3 is 14.3 Å². The molecule has 0 bridgehead atoms. The van der Waals surface area contributed by atoms with Crippen molar-refractivity contribution in [3.8, 4) is 0 Å². The fourth-order valence-corrected chi connectivity index (χ4v) is 3.08. The van der Waals surface area contributed by atoms with Crippen LogP contribution in [0.1, 0.15) is 70.1 Å². The van der Waals surface area contributed by atoms with E-state index in [9.17, 15) is 14.4 Å². The average molecular weight is 444 g/mol. The lowest BCUT2D eigenvalue weighted by Gasteiger charge is -2.29. The van der Waals surface area contributed by atoms with E-state index in [0.717, 1.165) is 5.06 Å². The van der Waals surface area contributed by atoms with Gasteiger partial charge in [0.25, 0.3) is 0 Å². The van der Waals surface area contributed by atoms with Crippen molar-refractivity contribution in [3.05, 3.63) is 47.7 Å². The molecular weight excluding hydrogens is 414 g/mol. The summed E-state index contributed by atoms with van der Waals surface area (Å²) in [5.74, 6) is -0.567. The van der Waals surface area contributed by atoms with Gasteiger partial charge in [-0.3, -0.25) is 4.79 Å². The van der Waals surface area contributed by atoms with Crippen molar-refractivity contribution in [2.45, 2.75) is 65.2 Å². The van der Waals surface area contributed by atoms with Gasteiger partial charge in [-0.05, 0) is 53.7 Å². The number of nitrogens with zero attached hydrogens (tertiary/aromatic N) is 3. The number of hydrogen-bond acceptors (Lipinski definition) is 7. The Morgan fingerprint density at radius 3 is 2.31 bits per heavy atom. The maximum atomic E-state index is 13.1. The molecule has 0 aliphatic carbocycles. The van der Waals surface area contributed by atoms with Gasteiger partial charge in [0, 0.05) is 12.5 Å². The summed E-state index contributed by atoms with van der Waals surface area (Å²) < 4.78 is 12.6. The van der Waals surface area contributed by atoms with Crippen LogP contribution in [0.4, 0.5) is 10.6 Å². The largest absolute Gasteiger partial charge is 0.450 e. The zero-order valence-corrected chi connectivity index (χ0v) is 19.2. The Labute approximate surface area is 187 Å². The molecular formula is C23H29N3O6.